The molecule has 4 rings (SSSR count). The number of nitrogens with one attached hydrogen (secondary N) is 1. The van der Waals surface area contributed by atoms with Gasteiger partial charge in [-0.2, -0.15) is 0 Å². The summed E-state index contributed by atoms with van der Waals surface area (Å²) in [5, 5.41) is 3.01. The van der Waals surface area contributed by atoms with Crippen molar-refractivity contribution in [1.82, 2.24) is 5.32 Å². The van der Waals surface area contributed by atoms with Crippen LogP contribution in [0.25, 0.3) is 0 Å². The molecule has 1 aromatic rings. The minimum Gasteiger partial charge on any atom is -0.486 e. The third-order valence-electron chi connectivity index (χ3n) is 5.37. The average molecular weight is 299 g/mol. The molecule has 4 atom stereocenters. The van der Waals surface area contributed by atoms with Crippen LogP contribution in [0.15, 0.2) is 24.3 Å². The van der Waals surface area contributed by atoms with E-state index in [1.807, 2.05) is 38.1 Å². The number of carbonyl (C=O) groups excluding carboxylic acids is 2. The summed E-state index contributed by atoms with van der Waals surface area (Å²) in [6.07, 6.45) is 2.28. The Balaban J connectivity index is 1.59. The molecule has 1 aliphatic heterocycles. The number of ketones is 1. The third kappa shape index (κ3) is 1.89. The second-order valence-electron chi connectivity index (χ2n) is 7.18. The molecule has 22 heavy (non-hydrogen) atoms. The van der Waals surface area contributed by atoms with Gasteiger partial charge in [-0.25, -0.2) is 0 Å². The van der Waals surface area contributed by atoms with E-state index in [2.05, 4.69) is 5.32 Å². The fourth-order valence-electron chi connectivity index (χ4n) is 4.50. The zero-order chi connectivity index (χ0) is 15.5. The Labute approximate surface area is 130 Å². The van der Waals surface area contributed by atoms with E-state index in [1.54, 1.807) is 0 Å². The van der Waals surface area contributed by atoms with Crippen molar-refractivity contribution in [3.05, 3.63) is 29.8 Å². The maximum absolute atomic E-state index is 12.5. The van der Waals surface area contributed by atoms with Gasteiger partial charge in [0.05, 0.1) is 12.0 Å². The Hall–Kier alpha value is -1.84. The zero-order valence-corrected chi connectivity index (χ0v) is 13.0. The van der Waals surface area contributed by atoms with Crippen LogP contribution in [0.3, 0.4) is 0 Å². The first-order valence-electron chi connectivity index (χ1n) is 8.13. The lowest BCUT2D eigenvalue weighted by atomic mass is 9.84. The van der Waals surface area contributed by atoms with Crippen LogP contribution >= 0.6 is 0 Å². The first kappa shape index (κ1) is 13.8. The fourth-order valence-corrected chi connectivity index (χ4v) is 4.50. The third-order valence-corrected chi connectivity index (χ3v) is 5.37. The van der Waals surface area contributed by atoms with Gasteiger partial charge in [-0.3, -0.25) is 9.59 Å². The van der Waals surface area contributed by atoms with Gasteiger partial charge in [0.25, 0.3) is 0 Å². The lowest BCUT2D eigenvalue weighted by molar-refractivity contribution is -0.124. The quantitative estimate of drug-likeness (QED) is 0.913. The number of amides is 1. The Kier molecular flexibility index (Phi) is 2.87. The molecule has 2 saturated carbocycles. The summed E-state index contributed by atoms with van der Waals surface area (Å²) in [7, 11) is 0. The number of benzene rings is 1. The molecule has 1 heterocycles. The second-order valence-corrected chi connectivity index (χ2v) is 7.18. The van der Waals surface area contributed by atoms with Gasteiger partial charge in [0, 0.05) is 17.9 Å². The van der Waals surface area contributed by atoms with E-state index in [4.69, 9.17) is 4.74 Å². The van der Waals surface area contributed by atoms with Gasteiger partial charge >= 0.3 is 0 Å². The van der Waals surface area contributed by atoms with Crippen LogP contribution in [0.1, 0.15) is 43.5 Å². The van der Waals surface area contributed by atoms with Crippen LogP contribution in [0.4, 0.5) is 0 Å². The number of Topliss-reactive ketones (excluding diaryl/α,β-unsaturated/α-hetero) is 1. The summed E-state index contributed by atoms with van der Waals surface area (Å²) in [6, 6.07) is 7.61. The van der Waals surface area contributed by atoms with Crippen molar-refractivity contribution in [3.63, 3.8) is 0 Å². The monoisotopic (exact) mass is 299 g/mol. The van der Waals surface area contributed by atoms with Crippen molar-refractivity contribution in [3.8, 4) is 5.75 Å². The van der Waals surface area contributed by atoms with Gasteiger partial charge in [-0.15, -0.1) is 0 Å². The van der Waals surface area contributed by atoms with Crippen molar-refractivity contribution in [2.75, 3.05) is 0 Å². The molecule has 116 valence electrons. The number of hydrogen-bond donors (Lipinski definition) is 1. The smallest absolute Gasteiger partial charge is 0.224 e. The largest absolute Gasteiger partial charge is 0.486 e. The van der Waals surface area contributed by atoms with Crippen molar-refractivity contribution in [2.24, 2.45) is 17.8 Å². The van der Waals surface area contributed by atoms with Gasteiger partial charge in [0.1, 0.15) is 11.4 Å². The zero-order valence-electron chi connectivity index (χ0n) is 13.0. The van der Waals surface area contributed by atoms with Crippen LogP contribution in [-0.2, 0) is 4.79 Å². The van der Waals surface area contributed by atoms with Crippen molar-refractivity contribution >= 4 is 11.7 Å². The topological polar surface area (TPSA) is 55.4 Å². The Morgan fingerprint density at radius 3 is 2.91 bits per heavy atom. The number of rotatable bonds is 2. The van der Waals surface area contributed by atoms with Crippen LogP contribution in [0.5, 0.6) is 5.75 Å². The number of fused-ring (bicyclic) bond motifs is 3. The van der Waals surface area contributed by atoms with Gasteiger partial charge in [-0.05, 0) is 44.7 Å². The normalized spacial score (nSPS) is 35.0. The van der Waals surface area contributed by atoms with Crippen molar-refractivity contribution in [2.45, 2.75) is 44.8 Å². The number of para-hydroxylation sites is 1. The molecule has 3 aliphatic rings. The van der Waals surface area contributed by atoms with E-state index < -0.39 is 5.60 Å². The molecule has 0 radical (unpaired) electrons. The standard InChI is InChI=1S/C18H21NO3/c1-10(2)19-17(21)15-12-7-8-18(16(12)15)9-13(20)11-5-3-4-6-14(11)22-18/h3-6,10,12,15-16H,7-9H2,1-2H3,(H,19,21)/t12-,15+,16+,18-/m1/s1. The highest BCUT2D eigenvalue weighted by Crippen LogP contribution is 2.65. The van der Waals surface area contributed by atoms with E-state index in [0.717, 1.165) is 12.8 Å². The molecule has 1 amide bonds. The second kappa shape index (κ2) is 4.58. The molecule has 2 aliphatic carbocycles. The van der Waals surface area contributed by atoms with Crippen LogP contribution in [-0.4, -0.2) is 23.3 Å². The molecule has 0 unspecified atom stereocenters. The minimum atomic E-state index is -0.449. The number of carbonyl (C=O) groups is 2. The first-order chi connectivity index (χ1) is 10.5. The van der Waals surface area contributed by atoms with E-state index in [9.17, 15) is 9.59 Å². The van der Waals surface area contributed by atoms with E-state index in [0.29, 0.717) is 23.7 Å². The molecule has 4 heteroatoms. The molecule has 1 aromatic carbocycles. The number of hydrogen-bond acceptors (Lipinski definition) is 3. The summed E-state index contributed by atoms with van der Waals surface area (Å²) < 4.78 is 6.29. The van der Waals surface area contributed by atoms with Crippen LogP contribution < -0.4 is 10.1 Å². The molecule has 0 saturated heterocycles. The highest BCUT2D eigenvalue weighted by atomic mass is 16.5. The Morgan fingerprint density at radius 2 is 2.14 bits per heavy atom. The van der Waals surface area contributed by atoms with E-state index in [1.165, 1.54) is 0 Å². The highest BCUT2D eigenvalue weighted by Gasteiger charge is 2.70. The van der Waals surface area contributed by atoms with Gasteiger partial charge in [0.15, 0.2) is 5.78 Å². The minimum absolute atomic E-state index is 0.0224. The van der Waals surface area contributed by atoms with E-state index in [-0.39, 0.29) is 29.6 Å². The summed E-state index contributed by atoms with van der Waals surface area (Å²) in [5.41, 5.74) is 0.232. The van der Waals surface area contributed by atoms with Gasteiger partial charge < -0.3 is 10.1 Å². The summed E-state index contributed by atoms with van der Waals surface area (Å²) in [6.45, 7) is 3.95. The molecule has 0 aromatic heterocycles. The average Bonchev–Trinajstić information content (AvgIpc) is 3.11. The molecule has 4 nitrogen and oxygen atoms in total. The van der Waals surface area contributed by atoms with Crippen molar-refractivity contribution < 1.29 is 14.3 Å². The SMILES string of the molecule is CC(C)NC(=O)[C@H]1[C@H]2CC[C@@]3(CC(=O)c4ccccc4O3)[C@@H]21. The van der Waals surface area contributed by atoms with E-state index >= 15 is 0 Å². The molecule has 0 bridgehead atoms. The summed E-state index contributed by atoms with van der Waals surface area (Å²) in [4.78, 5) is 24.8. The Bertz CT molecular complexity index is 653. The predicted molar refractivity (Wildman–Crippen MR) is 81.7 cm³/mol. The summed E-state index contributed by atoms with van der Waals surface area (Å²) >= 11 is 0. The lowest BCUT2D eigenvalue weighted by Crippen LogP contribution is -2.45. The maximum atomic E-state index is 12.5. The van der Waals surface area contributed by atoms with Crippen molar-refractivity contribution in [1.29, 1.82) is 0 Å². The molecular weight excluding hydrogens is 278 g/mol. The maximum Gasteiger partial charge on any atom is 0.224 e. The molecule has 1 N–H and O–H groups in total. The van der Waals surface area contributed by atoms with Crippen LogP contribution in [0, 0.1) is 17.8 Å². The molecule has 2 fully saturated rings. The molecule has 1 spiro atoms. The Morgan fingerprint density at radius 1 is 1.36 bits per heavy atom. The summed E-state index contributed by atoms with van der Waals surface area (Å²) in [5.74, 6) is 1.57. The van der Waals surface area contributed by atoms with Crippen LogP contribution in [0.2, 0.25) is 0 Å². The highest BCUT2D eigenvalue weighted by molar-refractivity contribution is 6.00. The predicted octanol–water partition coefficient (Wildman–Crippen LogP) is 2.57. The first-order valence-corrected chi connectivity index (χ1v) is 8.13. The van der Waals surface area contributed by atoms with Gasteiger partial charge in [-0.1, -0.05) is 12.1 Å². The lowest BCUT2D eigenvalue weighted by Gasteiger charge is -2.37. The molecular formula is C18H21NO3. The van der Waals surface area contributed by atoms with Gasteiger partial charge in [0.2, 0.25) is 5.91 Å². The fraction of sp³-hybridized carbons (Fsp3) is 0.556. The number of ether oxygens (including phenoxy) is 1.